The molecular formula is C14H17BrN2. The van der Waals surface area contributed by atoms with Crippen molar-refractivity contribution in [2.24, 2.45) is 5.41 Å². The molecule has 0 bridgehead atoms. The van der Waals surface area contributed by atoms with E-state index in [1.807, 2.05) is 0 Å². The van der Waals surface area contributed by atoms with Crippen LogP contribution in [0.4, 0.5) is 0 Å². The summed E-state index contributed by atoms with van der Waals surface area (Å²) in [5, 5.41) is 9.09. The lowest BCUT2D eigenvalue weighted by atomic mass is 10.1. The van der Waals surface area contributed by atoms with Crippen molar-refractivity contribution in [1.29, 1.82) is 5.26 Å². The summed E-state index contributed by atoms with van der Waals surface area (Å²) in [6.45, 7) is 3.93. The van der Waals surface area contributed by atoms with Gasteiger partial charge in [0.2, 0.25) is 0 Å². The van der Waals surface area contributed by atoms with Crippen molar-refractivity contribution >= 4 is 15.9 Å². The van der Waals surface area contributed by atoms with Crippen molar-refractivity contribution < 1.29 is 0 Å². The molecule has 0 atom stereocenters. The summed E-state index contributed by atoms with van der Waals surface area (Å²) in [6.07, 6.45) is 2.12. The summed E-state index contributed by atoms with van der Waals surface area (Å²) in [5.74, 6) is 0. The fourth-order valence-electron chi connectivity index (χ4n) is 2.13. The van der Waals surface area contributed by atoms with Crippen LogP contribution in [0.1, 0.15) is 24.0 Å². The van der Waals surface area contributed by atoms with Gasteiger partial charge in [0.25, 0.3) is 0 Å². The summed E-state index contributed by atoms with van der Waals surface area (Å²) < 4.78 is 1.12. The standard InChI is InChI=1S/C14H17BrN2/c1-11-3-4-13(15)7-12(11)8-17(2)10-14(9-16)5-6-14/h3-4,7H,5-6,8,10H2,1-2H3. The topological polar surface area (TPSA) is 27.0 Å². The van der Waals surface area contributed by atoms with E-state index in [-0.39, 0.29) is 5.41 Å². The number of aryl methyl sites for hydroxylation is 1. The molecule has 1 saturated carbocycles. The Morgan fingerprint density at radius 3 is 2.76 bits per heavy atom. The number of halogens is 1. The maximum absolute atomic E-state index is 9.09. The first-order valence-electron chi connectivity index (χ1n) is 5.89. The Labute approximate surface area is 111 Å². The molecule has 1 fully saturated rings. The van der Waals surface area contributed by atoms with Gasteiger partial charge in [-0.1, -0.05) is 22.0 Å². The molecular weight excluding hydrogens is 276 g/mol. The van der Waals surface area contributed by atoms with Crippen LogP contribution in [-0.2, 0) is 6.54 Å². The fraction of sp³-hybridized carbons (Fsp3) is 0.500. The van der Waals surface area contributed by atoms with Crippen molar-refractivity contribution in [3.63, 3.8) is 0 Å². The van der Waals surface area contributed by atoms with Crippen molar-refractivity contribution in [1.82, 2.24) is 4.90 Å². The molecule has 2 rings (SSSR count). The lowest BCUT2D eigenvalue weighted by Crippen LogP contribution is -2.25. The summed E-state index contributed by atoms with van der Waals surface area (Å²) in [7, 11) is 2.09. The molecule has 0 radical (unpaired) electrons. The Balaban J connectivity index is 2.01. The fourth-order valence-corrected chi connectivity index (χ4v) is 2.54. The van der Waals surface area contributed by atoms with Crippen LogP contribution in [0, 0.1) is 23.7 Å². The Morgan fingerprint density at radius 1 is 1.47 bits per heavy atom. The highest BCUT2D eigenvalue weighted by molar-refractivity contribution is 9.10. The minimum absolute atomic E-state index is 0.0470. The van der Waals surface area contributed by atoms with E-state index >= 15 is 0 Å². The van der Waals surface area contributed by atoms with Crippen LogP contribution < -0.4 is 0 Å². The quantitative estimate of drug-likeness (QED) is 0.849. The third kappa shape index (κ3) is 3.08. The average molecular weight is 293 g/mol. The summed E-state index contributed by atoms with van der Waals surface area (Å²) in [4.78, 5) is 2.25. The molecule has 0 heterocycles. The maximum Gasteiger partial charge on any atom is 0.0703 e. The largest absolute Gasteiger partial charge is 0.301 e. The molecule has 17 heavy (non-hydrogen) atoms. The molecule has 1 aliphatic carbocycles. The van der Waals surface area contributed by atoms with Crippen LogP contribution in [0.15, 0.2) is 22.7 Å². The zero-order valence-electron chi connectivity index (χ0n) is 10.3. The van der Waals surface area contributed by atoms with Crippen molar-refractivity contribution in [3.05, 3.63) is 33.8 Å². The van der Waals surface area contributed by atoms with Gasteiger partial charge in [-0.15, -0.1) is 0 Å². The van der Waals surface area contributed by atoms with Gasteiger partial charge in [-0.25, -0.2) is 0 Å². The van der Waals surface area contributed by atoms with Crippen LogP contribution >= 0.6 is 15.9 Å². The third-order valence-electron chi connectivity index (χ3n) is 3.41. The molecule has 0 aliphatic heterocycles. The van der Waals surface area contributed by atoms with Crippen LogP contribution in [0.2, 0.25) is 0 Å². The van der Waals surface area contributed by atoms with Crippen molar-refractivity contribution in [2.75, 3.05) is 13.6 Å². The molecule has 1 aliphatic rings. The molecule has 0 unspecified atom stereocenters. The highest BCUT2D eigenvalue weighted by atomic mass is 79.9. The van der Waals surface area contributed by atoms with Gasteiger partial charge in [-0.3, -0.25) is 0 Å². The molecule has 0 spiro atoms. The second kappa shape index (κ2) is 4.80. The zero-order valence-corrected chi connectivity index (χ0v) is 11.9. The highest BCUT2D eigenvalue weighted by Gasteiger charge is 2.43. The zero-order chi connectivity index (χ0) is 12.5. The van der Waals surface area contributed by atoms with Gasteiger partial charge in [0.1, 0.15) is 0 Å². The Bertz CT molecular complexity index is 458. The molecule has 1 aromatic rings. The van der Waals surface area contributed by atoms with Gasteiger partial charge in [0.15, 0.2) is 0 Å². The van der Waals surface area contributed by atoms with Crippen LogP contribution in [0.25, 0.3) is 0 Å². The second-order valence-electron chi connectivity index (χ2n) is 5.14. The summed E-state index contributed by atoms with van der Waals surface area (Å²) >= 11 is 3.50. The van der Waals surface area contributed by atoms with E-state index in [9.17, 15) is 0 Å². The number of benzene rings is 1. The number of hydrogen-bond donors (Lipinski definition) is 0. The van der Waals surface area contributed by atoms with Crippen molar-refractivity contribution in [2.45, 2.75) is 26.3 Å². The summed E-state index contributed by atoms with van der Waals surface area (Å²) in [6, 6.07) is 8.80. The molecule has 0 amide bonds. The second-order valence-corrected chi connectivity index (χ2v) is 6.05. The number of hydrogen-bond acceptors (Lipinski definition) is 2. The minimum Gasteiger partial charge on any atom is -0.301 e. The number of rotatable bonds is 4. The predicted molar refractivity (Wildman–Crippen MR) is 72.5 cm³/mol. The van der Waals surface area contributed by atoms with Crippen LogP contribution in [0.5, 0.6) is 0 Å². The van der Waals surface area contributed by atoms with E-state index in [2.05, 4.69) is 59.1 Å². The van der Waals surface area contributed by atoms with Gasteiger partial charge in [0, 0.05) is 17.6 Å². The Kier molecular flexibility index (Phi) is 3.56. The van der Waals surface area contributed by atoms with Gasteiger partial charge in [0.05, 0.1) is 11.5 Å². The third-order valence-corrected chi connectivity index (χ3v) is 3.91. The van der Waals surface area contributed by atoms with Crippen molar-refractivity contribution in [3.8, 4) is 6.07 Å². The first-order valence-corrected chi connectivity index (χ1v) is 6.69. The van der Waals surface area contributed by atoms with Gasteiger partial charge >= 0.3 is 0 Å². The predicted octanol–water partition coefficient (Wildman–Crippen LogP) is 3.49. The molecule has 90 valence electrons. The maximum atomic E-state index is 9.09. The Morgan fingerprint density at radius 2 is 2.18 bits per heavy atom. The normalized spacial score (nSPS) is 16.9. The van der Waals surface area contributed by atoms with Gasteiger partial charge in [-0.2, -0.15) is 5.26 Å². The highest BCUT2D eigenvalue weighted by Crippen LogP contribution is 2.45. The van der Waals surface area contributed by atoms with Gasteiger partial charge in [-0.05, 0) is 50.1 Å². The molecule has 1 aromatic carbocycles. The number of nitrogens with zero attached hydrogens (tertiary/aromatic N) is 2. The van der Waals surface area contributed by atoms with E-state index in [4.69, 9.17) is 5.26 Å². The van der Waals surface area contributed by atoms with Crippen LogP contribution in [0.3, 0.4) is 0 Å². The first-order chi connectivity index (χ1) is 8.04. The number of nitriles is 1. The lowest BCUT2D eigenvalue weighted by Gasteiger charge is -2.20. The van der Waals surface area contributed by atoms with E-state index in [1.165, 1.54) is 11.1 Å². The molecule has 0 N–H and O–H groups in total. The van der Waals surface area contributed by atoms with E-state index in [0.29, 0.717) is 0 Å². The first kappa shape index (κ1) is 12.6. The Hall–Kier alpha value is -0.850. The van der Waals surface area contributed by atoms with E-state index < -0.39 is 0 Å². The smallest absolute Gasteiger partial charge is 0.0703 e. The lowest BCUT2D eigenvalue weighted by molar-refractivity contribution is 0.286. The van der Waals surface area contributed by atoms with E-state index in [0.717, 1.165) is 30.4 Å². The van der Waals surface area contributed by atoms with Gasteiger partial charge < -0.3 is 4.90 Å². The molecule has 2 nitrogen and oxygen atoms in total. The minimum atomic E-state index is -0.0470. The molecule has 3 heteroatoms. The van der Waals surface area contributed by atoms with E-state index in [1.54, 1.807) is 0 Å². The average Bonchev–Trinajstić information content (AvgIpc) is 3.04. The monoisotopic (exact) mass is 292 g/mol. The summed E-state index contributed by atoms with van der Waals surface area (Å²) in [5.41, 5.74) is 2.59. The molecule has 0 aromatic heterocycles. The van der Waals surface area contributed by atoms with Crippen LogP contribution in [-0.4, -0.2) is 18.5 Å². The SMILES string of the molecule is Cc1ccc(Br)cc1CN(C)CC1(C#N)CC1. The molecule has 0 saturated heterocycles.